The number of para-hydroxylation sites is 2. The Morgan fingerprint density at radius 3 is 2.69 bits per heavy atom. The number of benzene rings is 1. The van der Waals surface area contributed by atoms with Gasteiger partial charge in [0.05, 0.1) is 4.91 Å². The minimum absolute atomic E-state index is 0.171. The number of nitrogens with zero attached hydrogens (tertiary/aromatic N) is 2. The average Bonchev–Trinajstić information content (AvgIpc) is 3.26. The Morgan fingerprint density at radius 1 is 1.15 bits per heavy atom. The third kappa shape index (κ3) is 3.17. The normalized spacial score (nSPS) is 16.6. The Bertz CT molecular complexity index is 1000. The van der Waals surface area contributed by atoms with Gasteiger partial charge in [0.1, 0.15) is 11.3 Å². The molecule has 1 aliphatic rings. The van der Waals surface area contributed by atoms with Crippen molar-refractivity contribution in [1.82, 2.24) is 9.88 Å². The highest BCUT2D eigenvalue weighted by Gasteiger charge is 2.36. The summed E-state index contributed by atoms with van der Waals surface area (Å²) in [6.45, 7) is 3.61. The number of thioether (sulfide) groups is 1. The second kappa shape index (κ2) is 6.69. The summed E-state index contributed by atoms with van der Waals surface area (Å²) < 4.78 is 11.4. The third-order valence-corrected chi connectivity index (χ3v) is 5.33. The molecule has 132 valence electrons. The Balaban J connectivity index is 1.53. The first kappa shape index (κ1) is 17.0. The van der Waals surface area contributed by atoms with Crippen LogP contribution < -0.4 is 0 Å². The van der Waals surface area contributed by atoms with E-state index in [1.807, 2.05) is 24.3 Å². The number of fused-ring (bicyclic) bond motifs is 1. The maximum Gasteiger partial charge on any atom is 0.293 e. The van der Waals surface area contributed by atoms with E-state index in [2.05, 4.69) is 4.98 Å². The molecule has 0 N–H and O–H groups in total. The molecule has 0 saturated carbocycles. The van der Waals surface area contributed by atoms with E-state index in [1.165, 1.54) is 16.7 Å². The van der Waals surface area contributed by atoms with E-state index in [0.29, 0.717) is 26.6 Å². The molecule has 2 amide bonds. The summed E-state index contributed by atoms with van der Waals surface area (Å²) in [6.07, 6.45) is 1.59. The van der Waals surface area contributed by atoms with Gasteiger partial charge in [0.15, 0.2) is 10.7 Å². The van der Waals surface area contributed by atoms with Gasteiger partial charge in [-0.2, -0.15) is 0 Å². The average molecular weight is 386 g/mol. The molecule has 26 heavy (non-hydrogen) atoms. The van der Waals surface area contributed by atoms with E-state index in [0.717, 1.165) is 17.3 Å². The highest BCUT2D eigenvalue weighted by Crippen LogP contribution is 2.35. The number of amides is 2. The van der Waals surface area contributed by atoms with Gasteiger partial charge in [-0.15, -0.1) is 0 Å². The molecule has 1 saturated heterocycles. The predicted octanol–water partition coefficient (Wildman–Crippen LogP) is 5.02. The second-order valence-corrected chi connectivity index (χ2v) is 7.80. The molecule has 1 aliphatic heterocycles. The van der Waals surface area contributed by atoms with Crippen molar-refractivity contribution in [2.45, 2.75) is 30.2 Å². The largest absolute Gasteiger partial charge is 0.450 e. The lowest BCUT2D eigenvalue weighted by Crippen LogP contribution is -2.34. The fourth-order valence-electron chi connectivity index (χ4n) is 2.50. The molecule has 0 bridgehead atoms. The first-order chi connectivity index (χ1) is 12.5. The molecule has 0 radical (unpaired) electrons. The molecule has 2 aromatic heterocycles. The van der Waals surface area contributed by atoms with Crippen LogP contribution in [0, 0.1) is 0 Å². The van der Waals surface area contributed by atoms with E-state index in [-0.39, 0.29) is 17.2 Å². The minimum Gasteiger partial charge on any atom is -0.450 e. The maximum absolute atomic E-state index is 12.3. The van der Waals surface area contributed by atoms with Crippen LogP contribution >= 0.6 is 23.5 Å². The molecule has 8 heteroatoms. The van der Waals surface area contributed by atoms with Crippen LogP contribution in [0.15, 0.2) is 60.5 Å². The minimum atomic E-state index is -0.292. The van der Waals surface area contributed by atoms with E-state index < -0.39 is 0 Å². The molecule has 1 fully saturated rings. The second-order valence-electron chi connectivity index (χ2n) is 5.85. The van der Waals surface area contributed by atoms with Crippen molar-refractivity contribution in [3.63, 3.8) is 0 Å². The van der Waals surface area contributed by atoms with Gasteiger partial charge in [-0.1, -0.05) is 12.1 Å². The quantitative estimate of drug-likeness (QED) is 0.583. The zero-order valence-electron chi connectivity index (χ0n) is 14.0. The summed E-state index contributed by atoms with van der Waals surface area (Å²) >= 11 is 2.18. The molecule has 3 aromatic rings. The topological polar surface area (TPSA) is 76.6 Å². The van der Waals surface area contributed by atoms with Gasteiger partial charge in [-0.3, -0.25) is 14.5 Å². The lowest BCUT2D eigenvalue weighted by molar-refractivity contribution is -0.123. The van der Waals surface area contributed by atoms with E-state index in [1.54, 1.807) is 32.1 Å². The van der Waals surface area contributed by atoms with Crippen LogP contribution in [0.3, 0.4) is 0 Å². The van der Waals surface area contributed by atoms with Crippen molar-refractivity contribution in [2.24, 2.45) is 0 Å². The number of carbonyl (C=O) groups is 2. The van der Waals surface area contributed by atoms with Gasteiger partial charge < -0.3 is 8.83 Å². The number of carbonyl (C=O) groups excluding carboxylic acids is 2. The molecule has 3 heterocycles. The van der Waals surface area contributed by atoms with Gasteiger partial charge in [-0.05, 0) is 49.9 Å². The predicted molar refractivity (Wildman–Crippen MR) is 99.8 cm³/mol. The maximum atomic E-state index is 12.3. The van der Waals surface area contributed by atoms with E-state index in [9.17, 15) is 9.59 Å². The summed E-state index contributed by atoms with van der Waals surface area (Å²) in [7, 11) is 0. The lowest BCUT2D eigenvalue weighted by atomic mass is 10.3. The zero-order chi connectivity index (χ0) is 18.3. The van der Waals surface area contributed by atoms with Crippen molar-refractivity contribution < 1.29 is 18.4 Å². The number of hydrogen-bond donors (Lipinski definition) is 0. The van der Waals surface area contributed by atoms with Crippen LogP contribution in [0.5, 0.6) is 0 Å². The van der Waals surface area contributed by atoms with Crippen LogP contribution in [-0.2, 0) is 4.79 Å². The molecule has 0 spiro atoms. The number of rotatable bonds is 4. The van der Waals surface area contributed by atoms with Gasteiger partial charge in [0.2, 0.25) is 0 Å². The van der Waals surface area contributed by atoms with Crippen LogP contribution in [0.4, 0.5) is 4.79 Å². The Kier molecular flexibility index (Phi) is 4.37. The molecule has 6 nitrogen and oxygen atoms in total. The SMILES string of the molecule is CC(C)N1C(=O)S/C(=C\c2ccc(Sc3nc4ccccc4o3)o2)C1=O. The third-order valence-electron chi connectivity index (χ3n) is 3.68. The Hall–Kier alpha value is -2.45. The summed E-state index contributed by atoms with van der Waals surface area (Å²) in [4.78, 5) is 30.2. The standard InChI is InChI=1S/C18H14N2O4S2/c1-10(2)20-16(21)14(25-18(20)22)9-11-7-8-15(23-11)26-17-19-12-5-3-4-6-13(12)24-17/h3-10H,1-2H3/b14-9-. The number of hydrogen-bond acceptors (Lipinski definition) is 7. The Labute approximate surface area is 157 Å². The molecular weight excluding hydrogens is 372 g/mol. The lowest BCUT2D eigenvalue weighted by Gasteiger charge is -2.16. The molecular formula is C18H14N2O4S2. The van der Waals surface area contributed by atoms with Crippen LogP contribution in [0.1, 0.15) is 19.6 Å². The van der Waals surface area contributed by atoms with Crippen molar-refractivity contribution in [2.75, 3.05) is 0 Å². The summed E-state index contributed by atoms with van der Waals surface area (Å²) in [5, 5.41) is 0.807. The highest BCUT2D eigenvalue weighted by atomic mass is 32.2. The van der Waals surface area contributed by atoms with Crippen molar-refractivity contribution >= 4 is 51.8 Å². The molecule has 0 aliphatic carbocycles. The number of oxazole rings is 1. The van der Waals surface area contributed by atoms with Crippen LogP contribution in [0.25, 0.3) is 17.2 Å². The monoisotopic (exact) mass is 386 g/mol. The smallest absolute Gasteiger partial charge is 0.293 e. The molecule has 4 rings (SSSR count). The molecule has 1 aromatic carbocycles. The summed E-state index contributed by atoms with van der Waals surface area (Å²) in [5.41, 5.74) is 1.49. The van der Waals surface area contributed by atoms with Gasteiger partial charge in [0.25, 0.3) is 16.4 Å². The van der Waals surface area contributed by atoms with Crippen molar-refractivity contribution in [3.05, 3.63) is 47.1 Å². The molecule has 0 atom stereocenters. The Morgan fingerprint density at radius 2 is 1.96 bits per heavy atom. The van der Waals surface area contributed by atoms with Crippen LogP contribution in [-0.4, -0.2) is 27.1 Å². The van der Waals surface area contributed by atoms with Crippen LogP contribution in [0.2, 0.25) is 0 Å². The summed E-state index contributed by atoms with van der Waals surface area (Å²) in [6, 6.07) is 10.9. The zero-order valence-corrected chi connectivity index (χ0v) is 15.6. The first-order valence-electron chi connectivity index (χ1n) is 7.91. The summed E-state index contributed by atoms with van der Waals surface area (Å²) in [5.74, 6) is 0.206. The number of aromatic nitrogens is 1. The number of furan rings is 1. The fraction of sp³-hybridized carbons (Fsp3) is 0.167. The van der Waals surface area contributed by atoms with Gasteiger partial charge in [0, 0.05) is 23.9 Å². The van der Waals surface area contributed by atoms with E-state index in [4.69, 9.17) is 8.83 Å². The highest BCUT2D eigenvalue weighted by molar-refractivity contribution is 8.18. The van der Waals surface area contributed by atoms with E-state index >= 15 is 0 Å². The first-order valence-corrected chi connectivity index (χ1v) is 9.55. The van der Waals surface area contributed by atoms with Crippen molar-refractivity contribution in [1.29, 1.82) is 0 Å². The fourth-order valence-corrected chi connectivity index (χ4v) is 4.16. The van der Waals surface area contributed by atoms with Gasteiger partial charge >= 0.3 is 0 Å². The number of imide groups is 1. The van der Waals surface area contributed by atoms with Crippen molar-refractivity contribution in [3.8, 4) is 0 Å². The van der Waals surface area contributed by atoms with Gasteiger partial charge in [-0.25, -0.2) is 4.98 Å². The molecule has 0 unspecified atom stereocenters.